The topological polar surface area (TPSA) is 49.9 Å². The predicted octanol–water partition coefficient (Wildman–Crippen LogP) is 2.49. The van der Waals surface area contributed by atoms with Gasteiger partial charge in [0.15, 0.2) is 0 Å². The van der Waals surface area contributed by atoms with Crippen LogP contribution in [0.2, 0.25) is 0 Å². The number of carbonyl (C=O) groups excluding carboxylic acids is 2. The molecular weight excluding hydrogens is 347 g/mol. The van der Waals surface area contributed by atoms with Crippen molar-refractivity contribution in [1.29, 1.82) is 0 Å². The van der Waals surface area contributed by atoms with Crippen LogP contribution < -0.4 is 0 Å². The Bertz CT molecular complexity index is 659. The van der Waals surface area contributed by atoms with E-state index in [-0.39, 0.29) is 23.5 Å². The second-order valence-electron chi connectivity index (χ2n) is 7.68. The third kappa shape index (κ3) is 5.28. The van der Waals surface area contributed by atoms with Crippen molar-refractivity contribution < 1.29 is 18.7 Å². The van der Waals surface area contributed by atoms with Crippen molar-refractivity contribution in [3.05, 3.63) is 35.6 Å². The van der Waals surface area contributed by atoms with Gasteiger partial charge < -0.3 is 14.5 Å². The maximum Gasteiger partial charge on any atom is 0.227 e. The van der Waals surface area contributed by atoms with Gasteiger partial charge in [-0.3, -0.25) is 9.59 Å². The highest BCUT2D eigenvalue weighted by molar-refractivity contribution is 5.84. The lowest BCUT2D eigenvalue weighted by molar-refractivity contribution is -0.144. The molecular formula is C21H29FN2O3. The van der Waals surface area contributed by atoms with Gasteiger partial charge in [0.25, 0.3) is 0 Å². The summed E-state index contributed by atoms with van der Waals surface area (Å²) in [7, 11) is 1.72. The number of carbonyl (C=O) groups is 2. The summed E-state index contributed by atoms with van der Waals surface area (Å²) in [4.78, 5) is 28.9. The highest BCUT2D eigenvalue weighted by Gasteiger charge is 2.33. The van der Waals surface area contributed by atoms with E-state index in [0.29, 0.717) is 38.3 Å². The van der Waals surface area contributed by atoms with E-state index >= 15 is 0 Å². The summed E-state index contributed by atoms with van der Waals surface area (Å²) in [6.45, 7) is 3.32. The molecule has 0 radical (unpaired) electrons. The minimum absolute atomic E-state index is 0.0919. The second kappa shape index (κ2) is 9.31. The first-order valence-corrected chi connectivity index (χ1v) is 9.86. The lowest BCUT2D eigenvalue weighted by atomic mass is 9.92. The smallest absolute Gasteiger partial charge is 0.227 e. The van der Waals surface area contributed by atoms with Crippen LogP contribution in [-0.2, 0) is 20.7 Å². The maximum atomic E-state index is 13.3. The van der Waals surface area contributed by atoms with Crippen LogP contribution in [0.3, 0.4) is 0 Å². The molecule has 1 aromatic carbocycles. The molecule has 0 aliphatic carbocycles. The number of nitrogens with zero attached hydrogens (tertiary/aromatic N) is 2. The molecule has 0 saturated carbocycles. The van der Waals surface area contributed by atoms with Crippen LogP contribution in [0.25, 0.3) is 0 Å². The molecule has 1 atom stereocenters. The van der Waals surface area contributed by atoms with E-state index in [2.05, 4.69) is 0 Å². The number of hydrogen-bond donors (Lipinski definition) is 0. The third-order valence-electron chi connectivity index (χ3n) is 5.74. The lowest BCUT2D eigenvalue weighted by Crippen LogP contribution is -2.49. The van der Waals surface area contributed by atoms with Crippen LogP contribution in [0.4, 0.5) is 4.39 Å². The Kier molecular flexibility index (Phi) is 6.83. The Morgan fingerprint density at radius 1 is 1.26 bits per heavy atom. The van der Waals surface area contributed by atoms with Gasteiger partial charge in [-0.2, -0.15) is 0 Å². The minimum Gasteiger partial charge on any atom is -0.384 e. The zero-order valence-corrected chi connectivity index (χ0v) is 16.0. The third-order valence-corrected chi connectivity index (χ3v) is 5.74. The number of methoxy groups -OCH3 is 1. The van der Waals surface area contributed by atoms with Crippen LogP contribution in [0, 0.1) is 17.7 Å². The van der Waals surface area contributed by atoms with E-state index in [0.717, 1.165) is 38.1 Å². The molecule has 0 aromatic heterocycles. The van der Waals surface area contributed by atoms with Gasteiger partial charge in [-0.25, -0.2) is 4.39 Å². The predicted molar refractivity (Wildman–Crippen MR) is 101 cm³/mol. The molecule has 2 aliphatic rings. The number of halogens is 1. The molecule has 1 aromatic rings. The molecule has 5 nitrogen and oxygen atoms in total. The summed E-state index contributed by atoms with van der Waals surface area (Å²) in [5, 5.41) is 0. The molecule has 2 saturated heterocycles. The number of likely N-dealkylation sites (tertiary alicyclic amines) is 2. The fourth-order valence-electron chi connectivity index (χ4n) is 4.10. The van der Waals surface area contributed by atoms with E-state index in [1.807, 2.05) is 11.0 Å². The quantitative estimate of drug-likeness (QED) is 0.767. The van der Waals surface area contributed by atoms with Gasteiger partial charge in [0, 0.05) is 46.3 Å². The lowest BCUT2D eigenvalue weighted by Gasteiger charge is -2.37. The summed E-state index contributed by atoms with van der Waals surface area (Å²) in [6.07, 6.45) is 3.61. The van der Waals surface area contributed by atoms with E-state index < -0.39 is 0 Å². The summed E-state index contributed by atoms with van der Waals surface area (Å²) in [6, 6.07) is 6.47. The zero-order chi connectivity index (χ0) is 19.2. The largest absolute Gasteiger partial charge is 0.384 e. The Balaban J connectivity index is 1.52. The van der Waals surface area contributed by atoms with Crippen LogP contribution in [0.1, 0.15) is 31.2 Å². The van der Waals surface area contributed by atoms with Crippen molar-refractivity contribution in [2.24, 2.45) is 11.8 Å². The van der Waals surface area contributed by atoms with Crippen molar-refractivity contribution in [1.82, 2.24) is 9.80 Å². The molecule has 2 amide bonds. The highest BCUT2D eigenvalue weighted by Crippen LogP contribution is 2.24. The molecule has 0 unspecified atom stereocenters. The van der Waals surface area contributed by atoms with E-state index in [1.165, 1.54) is 12.1 Å². The van der Waals surface area contributed by atoms with E-state index in [4.69, 9.17) is 4.74 Å². The summed E-state index contributed by atoms with van der Waals surface area (Å²) < 4.78 is 18.5. The van der Waals surface area contributed by atoms with E-state index in [1.54, 1.807) is 18.1 Å². The van der Waals surface area contributed by atoms with Crippen LogP contribution in [0.5, 0.6) is 0 Å². The summed E-state index contributed by atoms with van der Waals surface area (Å²) in [5.74, 6) is 0.426. The van der Waals surface area contributed by atoms with Crippen molar-refractivity contribution >= 4 is 11.8 Å². The van der Waals surface area contributed by atoms with Crippen molar-refractivity contribution in [3.8, 4) is 0 Å². The molecule has 3 rings (SSSR count). The van der Waals surface area contributed by atoms with Gasteiger partial charge in [0.2, 0.25) is 11.8 Å². The fraction of sp³-hybridized carbons (Fsp3) is 0.619. The molecule has 27 heavy (non-hydrogen) atoms. The Morgan fingerprint density at radius 3 is 2.74 bits per heavy atom. The molecule has 148 valence electrons. The number of benzene rings is 1. The summed E-state index contributed by atoms with van der Waals surface area (Å²) >= 11 is 0. The monoisotopic (exact) mass is 376 g/mol. The number of piperidine rings is 2. The number of ether oxygens (including phenoxy) is 1. The Morgan fingerprint density at radius 2 is 2.04 bits per heavy atom. The summed E-state index contributed by atoms with van der Waals surface area (Å²) in [5.41, 5.74) is 0.872. The van der Waals surface area contributed by atoms with Gasteiger partial charge in [-0.15, -0.1) is 0 Å². The zero-order valence-electron chi connectivity index (χ0n) is 16.0. The first-order chi connectivity index (χ1) is 13.1. The van der Waals surface area contributed by atoms with Crippen LogP contribution in [-0.4, -0.2) is 61.5 Å². The van der Waals surface area contributed by atoms with Crippen LogP contribution >= 0.6 is 0 Å². The molecule has 2 aliphatic heterocycles. The normalized spacial score (nSPS) is 21.6. The van der Waals surface area contributed by atoms with Crippen molar-refractivity contribution in [2.45, 2.75) is 32.1 Å². The molecule has 2 fully saturated rings. The van der Waals surface area contributed by atoms with Gasteiger partial charge in [0.1, 0.15) is 5.82 Å². The fourth-order valence-corrected chi connectivity index (χ4v) is 4.10. The van der Waals surface area contributed by atoms with E-state index in [9.17, 15) is 14.0 Å². The van der Waals surface area contributed by atoms with Gasteiger partial charge in [0.05, 0.1) is 5.92 Å². The van der Waals surface area contributed by atoms with Gasteiger partial charge >= 0.3 is 0 Å². The minimum atomic E-state index is -0.262. The Labute approximate surface area is 160 Å². The molecule has 0 bridgehead atoms. The SMILES string of the molecule is COCC1CCN(C(=O)[C@@H]2CCC(=O)N(CCc3cccc(F)c3)C2)CC1. The number of hydrogen-bond acceptors (Lipinski definition) is 3. The Hall–Kier alpha value is -1.95. The molecule has 2 heterocycles. The number of amides is 2. The molecule has 0 N–H and O–H groups in total. The van der Waals surface area contributed by atoms with Gasteiger partial charge in [-0.1, -0.05) is 12.1 Å². The standard InChI is InChI=1S/C21H29FN2O3/c1-27-15-17-8-10-23(11-9-17)21(26)18-5-6-20(25)24(14-18)12-7-16-3-2-4-19(22)13-16/h2-4,13,17-18H,5-12,14-15H2,1H3/t18-/m1/s1. The average Bonchev–Trinajstić information content (AvgIpc) is 2.68. The first-order valence-electron chi connectivity index (χ1n) is 9.86. The molecule has 0 spiro atoms. The first kappa shape index (κ1) is 19.8. The van der Waals surface area contributed by atoms with Gasteiger partial charge in [-0.05, 0) is 49.3 Å². The highest BCUT2D eigenvalue weighted by atomic mass is 19.1. The number of rotatable bonds is 6. The van der Waals surface area contributed by atoms with Crippen LogP contribution in [0.15, 0.2) is 24.3 Å². The van der Waals surface area contributed by atoms with Crippen molar-refractivity contribution in [2.75, 3.05) is 39.9 Å². The second-order valence-corrected chi connectivity index (χ2v) is 7.68. The molecule has 6 heteroatoms. The average molecular weight is 376 g/mol. The van der Waals surface area contributed by atoms with Crippen molar-refractivity contribution in [3.63, 3.8) is 0 Å². The maximum absolute atomic E-state index is 13.3.